The number of aromatic nitrogens is 3. The quantitative estimate of drug-likeness (QED) is 0.890. The molecule has 0 bridgehead atoms. The number of nitrogens with one attached hydrogen (secondary N) is 1. The van der Waals surface area contributed by atoms with Gasteiger partial charge in [-0.3, -0.25) is 4.79 Å². The Bertz CT molecular complexity index is 853. The van der Waals surface area contributed by atoms with E-state index in [1.54, 1.807) is 0 Å². The van der Waals surface area contributed by atoms with Crippen molar-refractivity contribution >= 4 is 5.91 Å². The van der Waals surface area contributed by atoms with Crippen LogP contribution in [0, 0.1) is 12.8 Å². The van der Waals surface area contributed by atoms with Crippen LogP contribution in [-0.4, -0.2) is 27.2 Å². The lowest BCUT2D eigenvalue weighted by Crippen LogP contribution is -2.39. The highest BCUT2D eigenvalue weighted by molar-refractivity contribution is 5.79. The largest absolute Gasteiger partial charge is 0.416 e. The predicted octanol–water partition coefficient (Wildman–Crippen LogP) is 3.02. The summed E-state index contributed by atoms with van der Waals surface area (Å²) in [7, 11) is 0. The molecule has 2 aliphatic rings. The summed E-state index contributed by atoms with van der Waals surface area (Å²) in [5.74, 6) is 1.59. The summed E-state index contributed by atoms with van der Waals surface area (Å²) in [6, 6.07) is 5.31. The van der Waals surface area contributed by atoms with Crippen molar-refractivity contribution in [3.63, 3.8) is 0 Å². The Hall–Kier alpha value is -2.38. The van der Waals surface area contributed by atoms with Crippen LogP contribution >= 0.6 is 0 Å². The number of hydrogen-bond donors (Lipinski definition) is 1. The number of aryl methyl sites for hydroxylation is 2. The molecule has 1 amide bonds. The molecule has 0 spiro atoms. The van der Waals surface area contributed by atoms with Crippen LogP contribution in [0.15, 0.2) is 24.3 Å². The van der Waals surface area contributed by atoms with Crippen LogP contribution in [0.25, 0.3) is 0 Å². The number of hydrogen-bond acceptors (Lipinski definition) is 3. The van der Waals surface area contributed by atoms with E-state index in [4.69, 9.17) is 0 Å². The molecule has 1 fully saturated rings. The van der Waals surface area contributed by atoms with E-state index in [9.17, 15) is 18.0 Å². The number of benzene rings is 1. The summed E-state index contributed by atoms with van der Waals surface area (Å²) in [5.41, 5.74) is -0.0173. The van der Waals surface area contributed by atoms with Crippen molar-refractivity contribution in [2.75, 3.05) is 6.54 Å². The van der Waals surface area contributed by atoms with E-state index in [0.717, 1.165) is 55.0 Å². The highest BCUT2D eigenvalue weighted by Gasteiger charge is 2.45. The molecule has 1 saturated carbocycles. The van der Waals surface area contributed by atoms with Gasteiger partial charge < -0.3 is 9.88 Å². The average Bonchev–Trinajstić information content (AvgIpc) is 3.36. The first-order valence-corrected chi connectivity index (χ1v) is 9.13. The first-order chi connectivity index (χ1) is 12.8. The third-order valence-corrected chi connectivity index (χ3v) is 5.78. The fourth-order valence-corrected chi connectivity index (χ4v) is 3.81. The number of amides is 1. The molecule has 1 aromatic heterocycles. The fourth-order valence-electron chi connectivity index (χ4n) is 3.81. The molecule has 1 aliphatic carbocycles. The maximum Gasteiger partial charge on any atom is 0.416 e. The minimum absolute atomic E-state index is 0.00747. The summed E-state index contributed by atoms with van der Waals surface area (Å²) in [4.78, 5) is 12.6. The molecule has 2 aromatic rings. The number of fused-ring (bicyclic) bond motifs is 1. The number of nitrogens with zero attached hydrogens (tertiary/aromatic N) is 3. The Morgan fingerprint density at radius 3 is 2.59 bits per heavy atom. The molecule has 144 valence electrons. The van der Waals surface area contributed by atoms with Crippen molar-refractivity contribution in [1.82, 2.24) is 20.1 Å². The van der Waals surface area contributed by atoms with E-state index in [1.165, 1.54) is 12.1 Å². The lowest BCUT2D eigenvalue weighted by atomic mass is 9.93. The summed E-state index contributed by atoms with van der Waals surface area (Å²) >= 11 is 0. The highest BCUT2D eigenvalue weighted by Crippen LogP contribution is 2.48. The van der Waals surface area contributed by atoms with Crippen LogP contribution < -0.4 is 5.32 Å². The summed E-state index contributed by atoms with van der Waals surface area (Å²) < 4.78 is 40.2. The summed E-state index contributed by atoms with van der Waals surface area (Å²) in [6.45, 7) is 2.91. The van der Waals surface area contributed by atoms with Gasteiger partial charge >= 0.3 is 6.18 Å². The van der Waals surface area contributed by atoms with Crippen molar-refractivity contribution in [3.05, 3.63) is 47.0 Å². The Morgan fingerprint density at radius 2 is 1.96 bits per heavy atom. The molecule has 0 saturated heterocycles. The van der Waals surface area contributed by atoms with Gasteiger partial charge in [0.2, 0.25) is 5.91 Å². The van der Waals surface area contributed by atoms with Crippen LogP contribution in [0.4, 0.5) is 13.2 Å². The Morgan fingerprint density at radius 1 is 1.26 bits per heavy atom. The molecule has 8 heteroatoms. The number of carbonyl (C=O) groups is 1. The molecular weight excluding hydrogens is 357 g/mol. The van der Waals surface area contributed by atoms with Gasteiger partial charge in [0.05, 0.1) is 11.5 Å². The normalized spacial score (nSPS) is 20.8. The van der Waals surface area contributed by atoms with Gasteiger partial charge in [-0.05, 0) is 43.9 Å². The molecule has 27 heavy (non-hydrogen) atoms. The molecule has 1 aliphatic heterocycles. The Labute approximate surface area is 155 Å². The zero-order valence-electron chi connectivity index (χ0n) is 15.0. The fraction of sp³-hybridized carbons (Fsp3) is 0.526. The van der Waals surface area contributed by atoms with Crippen molar-refractivity contribution in [2.24, 2.45) is 5.92 Å². The van der Waals surface area contributed by atoms with E-state index in [2.05, 4.69) is 15.5 Å². The van der Waals surface area contributed by atoms with Crippen LogP contribution in [0.2, 0.25) is 0 Å². The maximum absolute atomic E-state index is 12.7. The van der Waals surface area contributed by atoms with Gasteiger partial charge in [-0.1, -0.05) is 12.1 Å². The SMILES string of the molecule is Cc1nnc2n1CC(C(=O)NCC1(c3ccc(C(F)(F)F)cc3)CC1)CC2. The molecule has 1 N–H and O–H groups in total. The lowest BCUT2D eigenvalue weighted by Gasteiger charge is -2.25. The van der Waals surface area contributed by atoms with E-state index >= 15 is 0 Å². The van der Waals surface area contributed by atoms with Crippen molar-refractivity contribution in [2.45, 2.75) is 50.7 Å². The van der Waals surface area contributed by atoms with Gasteiger partial charge in [0, 0.05) is 24.9 Å². The zero-order valence-corrected chi connectivity index (χ0v) is 15.0. The lowest BCUT2D eigenvalue weighted by molar-refractivity contribution is -0.137. The molecular formula is C19H21F3N4O. The van der Waals surface area contributed by atoms with E-state index in [-0.39, 0.29) is 17.2 Å². The second kappa shape index (κ2) is 6.35. The monoisotopic (exact) mass is 378 g/mol. The first kappa shape index (κ1) is 18.0. The van der Waals surface area contributed by atoms with E-state index in [0.29, 0.717) is 13.1 Å². The zero-order chi connectivity index (χ0) is 19.2. The van der Waals surface area contributed by atoms with Gasteiger partial charge in [-0.25, -0.2) is 0 Å². The van der Waals surface area contributed by atoms with Gasteiger partial charge in [0.15, 0.2) is 0 Å². The van der Waals surface area contributed by atoms with Gasteiger partial charge in [0.1, 0.15) is 11.6 Å². The van der Waals surface area contributed by atoms with Crippen LogP contribution in [0.5, 0.6) is 0 Å². The molecule has 1 unspecified atom stereocenters. The molecule has 1 atom stereocenters. The summed E-state index contributed by atoms with van der Waals surface area (Å²) in [5, 5.41) is 11.2. The average molecular weight is 378 g/mol. The topological polar surface area (TPSA) is 59.8 Å². The maximum atomic E-state index is 12.7. The second-order valence-electron chi connectivity index (χ2n) is 7.58. The van der Waals surface area contributed by atoms with Gasteiger partial charge in [0.25, 0.3) is 0 Å². The third kappa shape index (κ3) is 3.44. The molecule has 4 rings (SSSR count). The van der Waals surface area contributed by atoms with Gasteiger partial charge in [-0.15, -0.1) is 10.2 Å². The first-order valence-electron chi connectivity index (χ1n) is 9.13. The molecule has 2 heterocycles. The number of halogens is 3. The van der Waals surface area contributed by atoms with Crippen LogP contribution in [0.3, 0.4) is 0 Å². The van der Waals surface area contributed by atoms with Crippen LogP contribution in [-0.2, 0) is 29.4 Å². The minimum atomic E-state index is -4.33. The predicted molar refractivity (Wildman–Crippen MR) is 91.9 cm³/mol. The van der Waals surface area contributed by atoms with Crippen molar-refractivity contribution in [3.8, 4) is 0 Å². The van der Waals surface area contributed by atoms with Crippen molar-refractivity contribution < 1.29 is 18.0 Å². The van der Waals surface area contributed by atoms with E-state index < -0.39 is 11.7 Å². The number of rotatable bonds is 4. The van der Waals surface area contributed by atoms with Crippen LogP contribution in [0.1, 0.15) is 42.0 Å². The highest BCUT2D eigenvalue weighted by atomic mass is 19.4. The molecule has 1 aromatic carbocycles. The van der Waals surface area contributed by atoms with Gasteiger partial charge in [-0.2, -0.15) is 13.2 Å². The Balaban J connectivity index is 1.38. The molecule has 0 radical (unpaired) electrons. The number of carbonyl (C=O) groups excluding carboxylic acids is 1. The molecule has 5 nitrogen and oxygen atoms in total. The summed E-state index contributed by atoms with van der Waals surface area (Å²) in [6.07, 6.45) is -1.13. The third-order valence-electron chi connectivity index (χ3n) is 5.78. The number of alkyl halides is 3. The van der Waals surface area contributed by atoms with E-state index in [1.807, 2.05) is 11.5 Å². The smallest absolute Gasteiger partial charge is 0.355 e. The van der Waals surface area contributed by atoms with Crippen molar-refractivity contribution in [1.29, 1.82) is 0 Å². The Kier molecular flexibility index (Phi) is 4.24. The minimum Gasteiger partial charge on any atom is -0.355 e. The second-order valence-corrected chi connectivity index (χ2v) is 7.58. The standard InChI is InChI=1S/C19H21F3N4O/c1-12-24-25-16-7-2-13(10-26(12)16)17(27)23-11-18(8-9-18)14-3-5-15(6-4-14)19(20,21)22/h3-6,13H,2,7-11H2,1H3,(H,23,27).